The van der Waals surface area contributed by atoms with Crippen molar-refractivity contribution in [2.24, 2.45) is 5.84 Å². The number of hydrazine groups is 1. The van der Waals surface area contributed by atoms with E-state index in [1.54, 1.807) is 7.11 Å². The highest BCUT2D eigenvalue weighted by Gasteiger charge is 2.31. The standard InChI is InChI=1S/C9H22N2O2/c1-5-9(3,12-4)8(11-10)7-13-6-2/h8,11H,5-7,10H2,1-4H3. The lowest BCUT2D eigenvalue weighted by molar-refractivity contribution is -0.0528. The summed E-state index contributed by atoms with van der Waals surface area (Å²) >= 11 is 0. The molecule has 0 radical (unpaired) electrons. The molecule has 0 bridgehead atoms. The average molecular weight is 190 g/mol. The van der Waals surface area contributed by atoms with E-state index in [4.69, 9.17) is 15.3 Å². The van der Waals surface area contributed by atoms with Crippen LogP contribution in [0.1, 0.15) is 27.2 Å². The van der Waals surface area contributed by atoms with Crippen LogP contribution in [0.2, 0.25) is 0 Å². The van der Waals surface area contributed by atoms with Gasteiger partial charge in [-0.2, -0.15) is 0 Å². The van der Waals surface area contributed by atoms with Crippen molar-refractivity contribution in [2.75, 3.05) is 20.3 Å². The topological polar surface area (TPSA) is 56.5 Å². The third-order valence-electron chi connectivity index (χ3n) is 2.60. The molecule has 0 rings (SSSR count). The third-order valence-corrected chi connectivity index (χ3v) is 2.60. The number of hydrogen-bond acceptors (Lipinski definition) is 4. The molecule has 4 nitrogen and oxygen atoms in total. The lowest BCUT2D eigenvalue weighted by Gasteiger charge is -2.34. The van der Waals surface area contributed by atoms with Crippen LogP contribution in [0, 0.1) is 0 Å². The zero-order chi connectivity index (χ0) is 10.3. The number of methoxy groups -OCH3 is 1. The molecule has 0 amide bonds. The molecule has 0 aromatic heterocycles. The minimum absolute atomic E-state index is 0.0300. The Morgan fingerprint density at radius 3 is 2.38 bits per heavy atom. The molecule has 0 aliphatic rings. The highest BCUT2D eigenvalue weighted by molar-refractivity contribution is 4.86. The second-order valence-corrected chi connectivity index (χ2v) is 3.25. The molecule has 0 spiro atoms. The summed E-state index contributed by atoms with van der Waals surface area (Å²) in [5.74, 6) is 5.44. The molecule has 0 aliphatic heterocycles. The van der Waals surface area contributed by atoms with Crippen molar-refractivity contribution in [2.45, 2.75) is 38.8 Å². The summed E-state index contributed by atoms with van der Waals surface area (Å²) in [5, 5.41) is 0. The first-order valence-corrected chi connectivity index (χ1v) is 4.73. The van der Waals surface area contributed by atoms with Crippen molar-refractivity contribution in [3.63, 3.8) is 0 Å². The van der Waals surface area contributed by atoms with Gasteiger partial charge in [0.1, 0.15) is 0 Å². The first kappa shape index (κ1) is 12.8. The van der Waals surface area contributed by atoms with E-state index in [0.717, 1.165) is 6.42 Å². The molecule has 2 unspecified atom stereocenters. The predicted molar refractivity (Wildman–Crippen MR) is 53.3 cm³/mol. The second kappa shape index (κ2) is 6.32. The summed E-state index contributed by atoms with van der Waals surface area (Å²) < 4.78 is 10.7. The lowest BCUT2D eigenvalue weighted by atomic mass is 9.94. The summed E-state index contributed by atoms with van der Waals surface area (Å²) in [6.07, 6.45) is 0.894. The minimum Gasteiger partial charge on any atom is -0.380 e. The third kappa shape index (κ3) is 3.60. The van der Waals surface area contributed by atoms with Gasteiger partial charge in [-0.1, -0.05) is 6.92 Å². The fourth-order valence-corrected chi connectivity index (χ4v) is 1.17. The van der Waals surface area contributed by atoms with Crippen LogP contribution < -0.4 is 11.3 Å². The van der Waals surface area contributed by atoms with Crippen LogP contribution in [0.15, 0.2) is 0 Å². The Bertz CT molecular complexity index is 127. The van der Waals surface area contributed by atoms with Gasteiger partial charge < -0.3 is 9.47 Å². The van der Waals surface area contributed by atoms with Crippen molar-refractivity contribution in [1.82, 2.24) is 5.43 Å². The molecule has 0 aliphatic carbocycles. The lowest BCUT2D eigenvalue weighted by Crippen LogP contribution is -2.55. The van der Waals surface area contributed by atoms with Crippen LogP contribution in [0.4, 0.5) is 0 Å². The van der Waals surface area contributed by atoms with E-state index in [2.05, 4.69) is 12.3 Å². The zero-order valence-corrected chi connectivity index (χ0v) is 9.09. The van der Waals surface area contributed by atoms with Crippen LogP contribution in [0.3, 0.4) is 0 Å². The molecular weight excluding hydrogens is 168 g/mol. The Hall–Kier alpha value is -0.160. The molecule has 2 atom stereocenters. The highest BCUT2D eigenvalue weighted by atomic mass is 16.5. The summed E-state index contributed by atoms with van der Waals surface area (Å²) in [6, 6.07) is 0.0300. The summed E-state index contributed by atoms with van der Waals surface area (Å²) in [4.78, 5) is 0. The van der Waals surface area contributed by atoms with E-state index < -0.39 is 0 Å². The van der Waals surface area contributed by atoms with E-state index in [-0.39, 0.29) is 11.6 Å². The second-order valence-electron chi connectivity index (χ2n) is 3.25. The molecular formula is C9H22N2O2. The largest absolute Gasteiger partial charge is 0.380 e. The Morgan fingerprint density at radius 1 is 1.46 bits per heavy atom. The number of hydrogen-bond donors (Lipinski definition) is 2. The van der Waals surface area contributed by atoms with E-state index in [0.29, 0.717) is 13.2 Å². The molecule has 0 heterocycles. The van der Waals surface area contributed by atoms with Gasteiger partial charge in [-0.05, 0) is 20.3 Å². The van der Waals surface area contributed by atoms with Gasteiger partial charge in [0.25, 0.3) is 0 Å². The molecule has 13 heavy (non-hydrogen) atoms. The summed E-state index contributed by atoms with van der Waals surface area (Å²) in [6.45, 7) is 7.33. The monoisotopic (exact) mass is 190 g/mol. The SMILES string of the molecule is CCOCC(NN)C(C)(CC)OC. The van der Waals surface area contributed by atoms with Gasteiger partial charge in [0.05, 0.1) is 18.2 Å². The Balaban J connectivity index is 4.16. The average Bonchev–Trinajstić information content (AvgIpc) is 2.18. The van der Waals surface area contributed by atoms with Gasteiger partial charge in [0.2, 0.25) is 0 Å². The predicted octanol–water partition coefficient (Wildman–Crippen LogP) is 0.670. The van der Waals surface area contributed by atoms with E-state index in [1.165, 1.54) is 0 Å². The van der Waals surface area contributed by atoms with Gasteiger partial charge in [-0.15, -0.1) is 0 Å². The molecule has 3 N–H and O–H groups in total. The number of nitrogens with two attached hydrogens (primary N) is 1. The molecule has 0 aromatic carbocycles. The van der Waals surface area contributed by atoms with Crippen LogP contribution in [0.5, 0.6) is 0 Å². The highest BCUT2D eigenvalue weighted by Crippen LogP contribution is 2.18. The normalized spacial score (nSPS) is 18.2. The van der Waals surface area contributed by atoms with E-state index in [1.807, 2.05) is 13.8 Å². The summed E-state index contributed by atoms with van der Waals surface area (Å²) in [5.41, 5.74) is 2.47. The molecule has 4 heteroatoms. The molecule has 0 saturated carbocycles. The van der Waals surface area contributed by atoms with Crippen molar-refractivity contribution >= 4 is 0 Å². The smallest absolute Gasteiger partial charge is 0.0836 e. The minimum atomic E-state index is -0.260. The van der Waals surface area contributed by atoms with E-state index >= 15 is 0 Å². The maximum Gasteiger partial charge on any atom is 0.0836 e. The van der Waals surface area contributed by atoms with Gasteiger partial charge in [-0.25, -0.2) is 0 Å². The Kier molecular flexibility index (Phi) is 6.24. The fraction of sp³-hybridized carbons (Fsp3) is 1.00. The Morgan fingerprint density at radius 2 is 2.08 bits per heavy atom. The van der Waals surface area contributed by atoms with Crippen LogP contribution in [0.25, 0.3) is 0 Å². The van der Waals surface area contributed by atoms with Gasteiger partial charge in [0.15, 0.2) is 0 Å². The van der Waals surface area contributed by atoms with Crippen molar-refractivity contribution in [3.8, 4) is 0 Å². The van der Waals surface area contributed by atoms with Crippen LogP contribution in [-0.4, -0.2) is 32.0 Å². The van der Waals surface area contributed by atoms with Gasteiger partial charge in [0, 0.05) is 13.7 Å². The van der Waals surface area contributed by atoms with Gasteiger partial charge >= 0.3 is 0 Å². The number of rotatable bonds is 7. The van der Waals surface area contributed by atoms with Crippen molar-refractivity contribution in [1.29, 1.82) is 0 Å². The number of ether oxygens (including phenoxy) is 2. The van der Waals surface area contributed by atoms with Crippen molar-refractivity contribution in [3.05, 3.63) is 0 Å². The first-order valence-electron chi connectivity index (χ1n) is 4.73. The molecule has 0 saturated heterocycles. The zero-order valence-electron chi connectivity index (χ0n) is 9.09. The molecule has 0 aromatic rings. The maximum absolute atomic E-state index is 5.44. The quantitative estimate of drug-likeness (QED) is 0.457. The molecule has 0 fully saturated rings. The fourth-order valence-electron chi connectivity index (χ4n) is 1.17. The van der Waals surface area contributed by atoms with Crippen molar-refractivity contribution < 1.29 is 9.47 Å². The van der Waals surface area contributed by atoms with Crippen LogP contribution in [-0.2, 0) is 9.47 Å². The maximum atomic E-state index is 5.44. The van der Waals surface area contributed by atoms with E-state index in [9.17, 15) is 0 Å². The molecule has 80 valence electrons. The van der Waals surface area contributed by atoms with Crippen LogP contribution >= 0.6 is 0 Å². The number of nitrogens with one attached hydrogen (secondary N) is 1. The van der Waals surface area contributed by atoms with Gasteiger partial charge in [-0.3, -0.25) is 11.3 Å². The summed E-state index contributed by atoms with van der Waals surface area (Å²) in [7, 11) is 1.69. The first-order chi connectivity index (χ1) is 6.14. The Labute approximate surface area is 80.7 Å².